The van der Waals surface area contributed by atoms with Crippen LogP contribution in [0.4, 0.5) is 0 Å². The van der Waals surface area contributed by atoms with Crippen molar-refractivity contribution in [3.8, 4) is 0 Å². The van der Waals surface area contributed by atoms with E-state index in [4.69, 9.17) is 5.73 Å². The first-order chi connectivity index (χ1) is 13.3. The number of hydrogen-bond donors (Lipinski definition) is 2. The average molecular weight is 397 g/mol. The van der Waals surface area contributed by atoms with E-state index < -0.39 is 0 Å². The summed E-state index contributed by atoms with van der Waals surface area (Å²) >= 11 is 0. The highest BCUT2D eigenvalue weighted by Gasteiger charge is 2.21. The zero-order chi connectivity index (χ0) is 21.8. The molecule has 0 saturated carbocycles. The zero-order valence-electron chi connectivity index (χ0n) is 20.0. The van der Waals surface area contributed by atoms with E-state index in [-0.39, 0.29) is 11.5 Å². The zero-order valence-corrected chi connectivity index (χ0v) is 20.0. The Hall–Kier alpha value is -1.54. The van der Waals surface area contributed by atoms with E-state index in [9.17, 15) is 0 Å². The van der Waals surface area contributed by atoms with Gasteiger partial charge in [-0.3, -0.25) is 0 Å². The molecule has 1 aliphatic carbocycles. The van der Waals surface area contributed by atoms with Crippen molar-refractivity contribution in [1.29, 1.82) is 0 Å². The number of fused-ring (bicyclic) bond motifs is 1. The molecule has 29 heavy (non-hydrogen) atoms. The van der Waals surface area contributed by atoms with Gasteiger partial charge in [-0.1, -0.05) is 86.1 Å². The first-order valence-electron chi connectivity index (χ1n) is 11.4. The van der Waals surface area contributed by atoms with Crippen molar-refractivity contribution >= 4 is 5.70 Å². The predicted molar refractivity (Wildman–Crippen MR) is 129 cm³/mol. The van der Waals surface area contributed by atoms with Gasteiger partial charge in [-0.15, -0.1) is 0 Å². The Bertz CT molecular complexity index is 728. The third-order valence-electron chi connectivity index (χ3n) is 5.63. The Balaban J connectivity index is 2.04. The van der Waals surface area contributed by atoms with E-state index in [0.717, 1.165) is 31.4 Å². The lowest BCUT2D eigenvalue weighted by molar-refractivity contribution is 0.356. The maximum absolute atomic E-state index is 6.46. The molecule has 1 aromatic rings. The Morgan fingerprint density at radius 2 is 1.83 bits per heavy atom. The maximum Gasteiger partial charge on any atom is 0.0441 e. The summed E-state index contributed by atoms with van der Waals surface area (Å²) in [5.41, 5.74) is 13.4. The molecule has 0 heterocycles. The van der Waals surface area contributed by atoms with Crippen LogP contribution < -0.4 is 11.1 Å². The summed E-state index contributed by atoms with van der Waals surface area (Å²) in [5, 5.41) is 3.59. The first-order valence-corrected chi connectivity index (χ1v) is 11.4. The smallest absolute Gasteiger partial charge is 0.0441 e. The topological polar surface area (TPSA) is 38.0 Å². The molecule has 162 valence electrons. The van der Waals surface area contributed by atoms with E-state index in [1.807, 2.05) is 0 Å². The molecule has 1 aliphatic rings. The Morgan fingerprint density at radius 1 is 1.14 bits per heavy atom. The van der Waals surface area contributed by atoms with E-state index in [1.54, 1.807) is 0 Å². The maximum atomic E-state index is 6.46. The average Bonchev–Trinajstić information content (AvgIpc) is 2.56. The van der Waals surface area contributed by atoms with Crippen LogP contribution in [0.25, 0.3) is 5.70 Å². The standard InChI is InChI=1S/C27H44N2/c1-19-15-22-13-12-21(18-27(6,7)8)17-23(22)25(16-19)29-20(2)24(28)11-9-10-14-26(3,4)5/h12-13,16-17,19,24,29H,2,9-11,14-15,18,28H2,1,3-8H3. The summed E-state index contributed by atoms with van der Waals surface area (Å²) in [6.07, 6.45) is 9.14. The van der Waals surface area contributed by atoms with Crippen molar-refractivity contribution in [2.75, 3.05) is 0 Å². The first kappa shape index (κ1) is 23.7. The van der Waals surface area contributed by atoms with Crippen molar-refractivity contribution in [2.24, 2.45) is 22.5 Å². The van der Waals surface area contributed by atoms with Crippen LogP contribution >= 0.6 is 0 Å². The summed E-state index contributed by atoms with van der Waals surface area (Å²) in [6.45, 7) is 20.4. The molecule has 2 heteroatoms. The van der Waals surface area contributed by atoms with Crippen LogP contribution in [-0.4, -0.2) is 6.04 Å². The predicted octanol–water partition coefficient (Wildman–Crippen LogP) is 6.85. The summed E-state index contributed by atoms with van der Waals surface area (Å²) in [7, 11) is 0. The number of benzene rings is 1. The lowest BCUT2D eigenvalue weighted by Crippen LogP contribution is -2.31. The highest BCUT2D eigenvalue weighted by atomic mass is 14.9. The third kappa shape index (κ3) is 8.01. The number of unbranched alkanes of at least 4 members (excludes halogenated alkanes) is 1. The fourth-order valence-electron chi connectivity index (χ4n) is 4.12. The normalized spacial score (nSPS) is 18.1. The second-order valence-electron chi connectivity index (χ2n) is 11.6. The molecule has 2 rings (SSSR count). The molecule has 0 spiro atoms. The van der Waals surface area contributed by atoms with Crippen LogP contribution in [0.3, 0.4) is 0 Å². The summed E-state index contributed by atoms with van der Waals surface area (Å²) in [5.74, 6) is 0.522. The second kappa shape index (κ2) is 9.51. The molecular formula is C27H44N2. The fraction of sp³-hybridized carbons (Fsp3) is 0.630. The minimum Gasteiger partial charge on any atom is -0.358 e. The molecular weight excluding hydrogens is 352 g/mol. The highest BCUT2D eigenvalue weighted by Crippen LogP contribution is 2.31. The molecule has 0 aromatic heterocycles. The Kier molecular flexibility index (Phi) is 7.79. The number of hydrogen-bond acceptors (Lipinski definition) is 2. The van der Waals surface area contributed by atoms with Gasteiger partial charge in [-0.05, 0) is 59.6 Å². The summed E-state index contributed by atoms with van der Waals surface area (Å²) in [4.78, 5) is 0. The van der Waals surface area contributed by atoms with E-state index >= 15 is 0 Å². The molecule has 2 nitrogen and oxygen atoms in total. The summed E-state index contributed by atoms with van der Waals surface area (Å²) < 4.78 is 0. The minimum atomic E-state index is -0.00527. The van der Waals surface area contributed by atoms with Crippen LogP contribution in [0, 0.1) is 16.7 Å². The Labute approximate surface area is 180 Å². The lowest BCUT2D eigenvalue weighted by Gasteiger charge is -2.27. The summed E-state index contributed by atoms with van der Waals surface area (Å²) in [6, 6.07) is 6.98. The molecule has 0 radical (unpaired) electrons. The van der Waals surface area contributed by atoms with Crippen LogP contribution in [0.5, 0.6) is 0 Å². The van der Waals surface area contributed by atoms with Gasteiger partial charge in [0.1, 0.15) is 0 Å². The van der Waals surface area contributed by atoms with Gasteiger partial charge >= 0.3 is 0 Å². The van der Waals surface area contributed by atoms with Crippen molar-refractivity contribution in [2.45, 2.75) is 93.0 Å². The van der Waals surface area contributed by atoms with Crippen molar-refractivity contribution in [3.63, 3.8) is 0 Å². The third-order valence-corrected chi connectivity index (χ3v) is 5.63. The van der Waals surface area contributed by atoms with Gasteiger partial charge < -0.3 is 11.1 Å². The van der Waals surface area contributed by atoms with Gasteiger partial charge in [-0.25, -0.2) is 0 Å². The molecule has 0 bridgehead atoms. The van der Waals surface area contributed by atoms with Gasteiger partial charge in [-0.2, -0.15) is 0 Å². The van der Waals surface area contributed by atoms with Gasteiger partial charge in [0.2, 0.25) is 0 Å². The fourth-order valence-corrected chi connectivity index (χ4v) is 4.12. The van der Waals surface area contributed by atoms with Crippen LogP contribution in [-0.2, 0) is 12.8 Å². The molecule has 0 amide bonds. The quantitative estimate of drug-likeness (QED) is 0.472. The SMILES string of the molecule is C=C(NC1=CC(C)Cc2ccc(CC(C)(C)C)cc21)C(N)CCCCC(C)(C)C. The van der Waals surface area contributed by atoms with Gasteiger partial charge in [0.15, 0.2) is 0 Å². The molecule has 3 N–H and O–H groups in total. The molecule has 1 aromatic carbocycles. The highest BCUT2D eigenvalue weighted by molar-refractivity contribution is 5.71. The van der Waals surface area contributed by atoms with Crippen molar-refractivity contribution < 1.29 is 0 Å². The van der Waals surface area contributed by atoms with Crippen LogP contribution in [0.1, 0.15) is 90.8 Å². The number of rotatable bonds is 8. The molecule has 2 unspecified atom stereocenters. The molecule has 0 saturated heterocycles. The van der Waals surface area contributed by atoms with Gasteiger partial charge in [0, 0.05) is 23.0 Å². The van der Waals surface area contributed by atoms with Crippen LogP contribution in [0.2, 0.25) is 0 Å². The van der Waals surface area contributed by atoms with Crippen molar-refractivity contribution in [1.82, 2.24) is 5.32 Å². The molecule has 2 atom stereocenters. The van der Waals surface area contributed by atoms with Crippen molar-refractivity contribution in [3.05, 3.63) is 53.2 Å². The molecule has 0 aliphatic heterocycles. The monoisotopic (exact) mass is 396 g/mol. The molecule has 0 fully saturated rings. The van der Waals surface area contributed by atoms with E-state index in [1.165, 1.54) is 35.2 Å². The number of nitrogens with two attached hydrogens (primary N) is 1. The van der Waals surface area contributed by atoms with Gasteiger partial charge in [0.25, 0.3) is 0 Å². The largest absolute Gasteiger partial charge is 0.358 e. The van der Waals surface area contributed by atoms with Gasteiger partial charge in [0.05, 0.1) is 0 Å². The minimum absolute atomic E-state index is 0.00527. The lowest BCUT2D eigenvalue weighted by atomic mass is 9.83. The second-order valence-corrected chi connectivity index (χ2v) is 11.6. The Morgan fingerprint density at radius 3 is 2.45 bits per heavy atom. The van der Waals surface area contributed by atoms with Crippen LogP contribution in [0.15, 0.2) is 36.6 Å². The number of allylic oxidation sites excluding steroid dienone is 1. The number of nitrogens with one attached hydrogen (secondary N) is 1. The van der Waals surface area contributed by atoms with E-state index in [2.05, 4.69) is 84.6 Å². The van der Waals surface area contributed by atoms with E-state index in [0.29, 0.717) is 11.3 Å².